The van der Waals surface area contributed by atoms with E-state index < -0.39 is 0 Å². The van der Waals surface area contributed by atoms with E-state index >= 15 is 0 Å². The summed E-state index contributed by atoms with van der Waals surface area (Å²) in [5.74, 6) is 1.73. The summed E-state index contributed by atoms with van der Waals surface area (Å²) in [5.41, 5.74) is 6.23. The number of para-hydroxylation sites is 2. The largest absolute Gasteiger partial charge is 0.455 e. The fourth-order valence-corrected chi connectivity index (χ4v) is 5.18. The molecule has 0 aliphatic rings. The van der Waals surface area contributed by atoms with E-state index in [4.69, 9.17) is 19.4 Å². The summed E-state index contributed by atoms with van der Waals surface area (Å²) >= 11 is 3.68. The molecular formula is C32H19BrN4O. The molecule has 6 heteroatoms. The van der Waals surface area contributed by atoms with E-state index in [0.717, 1.165) is 54.2 Å². The van der Waals surface area contributed by atoms with Crippen LogP contribution >= 0.6 is 15.9 Å². The number of rotatable bonds is 4. The number of pyridine rings is 1. The summed E-state index contributed by atoms with van der Waals surface area (Å²) in [4.78, 5) is 19.1. The lowest BCUT2D eigenvalue weighted by Gasteiger charge is -2.10. The third-order valence-electron chi connectivity index (χ3n) is 6.46. The van der Waals surface area contributed by atoms with Crippen LogP contribution in [0.2, 0.25) is 0 Å². The van der Waals surface area contributed by atoms with Crippen LogP contribution in [-0.2, 0) is 0 Å². The Labute approximate surface area is 227 Å². The Bertz CT molecular complexity index is 1930. The van der Waals surface area contributed by atoms with Crippen LogP contribution in [0.15, 0.2) is 124 Å². The lowest BCUT2D eigenvalue weighted by molar-refractivity contribution is 0.669. The minimum atomic E-state index is 0.557. The van der Waals surface area contributed by atoms with Crippen molar-refractivity contribution in [3.05, 3.63) is 120 Å². The number of halogens is 1. The zero-order valence-electron chi connectivity index (χ0n) is 20.0. The number of aromatic nitrogens is 4. The molecule has 0 atom stereocenters. The zero-order chi connectivity index (χ0) is 25.5. The lowest BCUT2D eigenvalue weighted by atomic mass is 10.0. The van der Waals surface area contributed by atoms with Gasteiger partial charge in [-0.2, -0.15) is 0 Å². The first-order valence-corrected chi connectivity index (χ1v) is 13.0. The van der Waals surface area contributed by atoms with Crippen molar-refractivity contribution < 1.29 is 4.42 Å². The number of furan rings is 1. The fourth-order valence-electron chi connectivity index (χ4n) is 4.68. The molecule has 0 aliphatic carbocycles. The molecule has 0 bridgehead atoms. The molecular weight excluding hydrogens is 536 g/mol. The molecule has 180 valence electrons. The van der Waals surface area contributed by atoms with Crippen LogP contribution in [0, 0.1) is 0 Å². The second-order valence-electron chi connectivity index (χ2n) is 8.92. The molecule has 5 nitrogen and oxygen atoms in total. The first-order valence-electron chi connectivity index (χ1n) is 12.2. The van der Waals surface area contributed by atoms with Gasteiger partial charge >= 0.3 is 0 Å². The highest BCUT2D eigenvalue weighted by Crippen LogP contribution is 2.36. The van der Waals surface area contributed by atoms with Crippen LogP contribution in [0.1, 0.15) is 0 Å². The molecule has 0 spiro atoms. The smallest absolute Gasteiger partial charge is 0.167 e. The van der Waals surface area contributed by atoms with Crippen molar-refractivity contribution in [2.45, 2.75) is 0 Å². The van der Waals surface area contributed by atoms with E-state index in [1.165, 1.54) is 0 Å². The maximum Gasteiger partial charge on any atom is 0.167 e. The fraction of sp³-hybridized carbons (Fsp3) is 0. The van der Waals surface area contributed by atoms with Gasteiger partial charge in [0, 0.05) is 44.3 Å². The molecule has 4 aromatic carbocycles. The van der Waals surface area contributed by atoms with Crippen LogP contribution in [0.5, 0.6) is 0 Å². The average molecular weight is 555 g/mol. The van der Waals surface area contributed by atoms with Gasteiger partial charge in [-0.05, 0) is 42.0 Å². The van der Waals surface area contributed by atoms with Crippen molar-refractivity contribution in [3.8, 4) is 45.3 Å². The molecule has 7 rings (SSSR count). The van der Waals surface area contributed by atoms with Gasteiger partial charge in [0.25, 0.3) is 0 Å². The van der Waals surface area contributed by atoms with Gasteiger partial charge in [-0.25, -0.2) is 15.0 Å². The summed E-state index contributed by atoms with van der Waals surface area (Å²) < 4.78 is 7.24. The first-order chi connectivity index (χ1) is 18.7. The maximum atomic E-state index is 6.31. The van der Waals surface area contributed by atoms with Gasteiger partial charge in [-0.15, -0.1) is 0 Å². The topological polar surface area (TPSA) is 64.7 Å². The molecule has 3 heterocycles. The predicted octanol–water partition coefficient (Wildman–Crippen LogP) is 8.60. The van der Waals surface area contributed by atoms with E-state index in [-0.39, 0.29) is 0 Å². The SMILES string of the molecule is Brc1cc(-c2cccnc2)cc(-c2nc(-c3ccccc3)nc(-c3cccc4c3oc3ccccc34)n2)c1. The van der Waals surface area contributed by atoms with Crippen LogP contribution in [-0.4, -0.2) is 19.9 Å². The van der Waals surface area contributed by atoms with E-state index in [1.807, 2.05) is 85.1 Å². The second-order valence-corrected chi connectivity index (χ2v) is 9.84. The van der Waals surface area contributed by atoms with Crippen molar-refractivity contribution in [2.75, 3.05) is 0 Å². The predicted molar refractivity (Wildman–Crippen MR) is 154 cm³/mol. The number of hydrogen-bond acceptors (Lipinski definition) is 5. The van der Waals surface area contributed by atoms with Crippen molar-refractivity contribution in [3.63, 3.8) is 0 Å². The van der Waals surface area contributed by atoms with Gasteiger partial charge in [-0.1, -0.05) is 82.7 Å². The number of nitrogens with zero attached hydrogens (tertiary/aromatic N) is 4. The van der Waals surface area contributed by atoms with Gasteiger partial charge in [-0.3, -0.25) is 4.98 Å². The highest BCUT2D eigenvalue weighted by Gasteiger charge is 2.18. The Morgan fingerprint density at radius 1 is 0.553 bits per heavy atom. The van der Waals surface area contributed by atoms with Crippen molar-refractivity contribution in [1.82, 2.24) is 19.9 Å². The Morgan fingerprint density at radius 3 is 2.11 bits per heavy atom. The van der Waals surface area contributed by atoms with Gasteiger partial charge < -0.3 is 4.42 Å². The van der Waals surface area contributed by atoms with Crippen molar-refractivity contribution >= 4 is 37.9 Å². The highest BCUT2D eigenvalue weighted by molar-refractivity contribution is 9.10. The summed E-state index contributed by atoms with van der Waals surface area (Å²) in [6.45, 7) is 0. The Hall–Kier alpha value is -4.68. The van der Waals surface area contributed by atoms with Crippen molar-refractivity contribution in [1.29, 1.82) is 0 Å². The monoisotopic (exact) mass is 554 g/mol. The molecule has 0 N–H and O–H groups in total. The summed E-state index contributed by atoms with van der Waals surface area (Å²) in [7, 11) is 0. The van der Waals surface area contributed by atoms with Crippen molar-refractivity contribution in [2.24, 2.45) is 0 Å². The standard InChI is InChI=1S/C32H19BrN4O/c33-24-17-22(21-10-7-15-34-19-21)16-23(18-24)31-35-30(20-8-2-1-3-9-20)36-32(37-31)27-13-6-12-26-25-11-4-5-14-28(25)38-29(26)27/h1-19H. The maximum absolute atomic E-state index is 6.31. The number of hydrogen-bond donors (Lipinski definition) is 0. The minimum Gasteiger partial charge on any atom is -0.455 e. The molecule has 0 fully saturated rings. The Kier molecular flexibility index (Phi) is 5.52. The third-order valence-corrected chi connectivity index (χ3v) is 6.92. The Balaban J connectivity index is 1.47. The first kappa shape index (κ1) is 22.5. The summed E-state index contributed by atoms with van der Waals surface area (Å²) in [5, 5.41) is 2.10. The third kappa shape index (κ3) is 4.05. The normalized spacial score (nSPS) is 11.3. The van der Waals surface area contributed by atoms with E-state index in [2.05, 4.69) is 45.2 Å². The molecule has 0 aliphatic heterocycles. The molecule has 38 heavy (non-hydrogen) atoms. The number of benzene rings is 4. The lowest BCUT2D eigenvalue weighted by Crippen LogP contribution is -2.00. The number of fused-ring (bicyclic) bond motifs is 3. The quantitative estimate of drug-likeness (QED) is 0.218. The minimum absolute atomic E-state index is 0.557. The van der Waals surface area contributed by atoms with Gasteiger partial charge in [0.1, 0.15) is 11.2 Å². The second kappa shape index (κ2) is 9.32. The molecule has 7 aromatic rings. The van der Waals surface area contributed by atoms with Crippen LogP contribution in [0.3, 0.4) is 0 Å². The van der Waals surface area contributed by atoms with Crippen LogP contribution in [0.25, 0.3) is 67.2 Å². The van der Waals surface area contributed by atoms with Gasteiger partial charge in [0.05, 0.1) is 5.56 Å². The molecule has 0 unspecified atom stereocenters. The van der Waals surface area contributed by atoms with E-state index in [1.54, 1.807) is 6.20 Å². The zero-order valence-corrected chi connectivity index (χ0v) is 21.6. The summed E-state index contributed by atoms with van der Waals surface area (Å²) in [6, 6.07) is 34.2. The molecule has 3 aromatic heterocycles. The molecule has 0 saturated heterocycles. The Morgan fingerprint density at radius 2 is 1.26 bits per heavy atom. The van der Waals surface area contributed by atoms with Crippen LogP contribution in [0.4, 0.5) is 0 Å². The van der Waals surface area contributed by atoms with Gasteiger partial charge in [0.15, 0.2) is 17.5 Å². The molecule has 0 radical (unpaired) electrons. The molecule has 0 amide bonds. The van der Waals surface area contributed by atoms with E-state index in [9.17, 15) is 0 Å². The summed E-state index contributed by atoms with van der Waals surface area (Å²) in [6.07, 6.45) is 3.62. The van der Waals surface area contributed by atoms with Crippen LogP contribution < -0.4 is 0 Å². The van der Waals surface area contributed by atoms with Gasteiger partial charge in [0.2, 0.25) is 0 Å². The average Bonchev–Trinajstić information content (AvgIpc) is 3.36. The highest BCUT2D eigenvalue weighted by atomic mass is 79.9. The van der Waals surface area contributed by atoms with E-state index in [0.29, 0.717) is 17.5 Å². The molecule has 0 saturated carbocycles.